The molecule has 2 aromatic rings. The van der Waals surface area contributed by atoms with Crippen LogP contribution >= 0.6 is 0 Å². The minimum Gasteiger partial charge on any atom is -0.507 e. The van der Waals surface area contributed by atoms with Gasteiger partial charge in [-0.1, -0.05) is 0 Å². The van der Waals surface area contributed by atoms with Gasteiger partial charge in [0.1, 0.15) is 36.5 Å². The van der Waals surface area contributed by atoms with Gasteiger partial charge in [-0.25, -0.2) is 0 Å². The Hall–Kier alpha value is -3.26. The monoisotopic (exact) mass is 412 g/mol. The second kappa shape index (κ2) is 7.87. The maximum Gasteiger partial charge on any atom is 0.295 e. The molecule has 0 bridgehead atoms. The molecule has 4 rings (SSSR count). The van der Waals surface area contributed by atoms with Crippen molar-refractivity contribution in [3.05, 3.63) is 53.0 Å². The second-order valence-electron chi connectivity index (χ2n) is 7.60. The molecule has 30 heavy (non-hydrogen) atoms. The van der Waals surface area contributed by atoms with Gasteiger partial charge in [-0.15, -0.1) is 0 Å². The Morgan fingerprint density at radius 3 is 2.53 bits per heavy atom. The number of amides is 1. The summed E-state index contributed by atoms with van der Waals surface area (Å²) in [5, 5.41) is 11.1. The van der Waals surface area contributed by atoms with Crippen molar-refractivity contribution in [3.63, 3.8) is 0 Å². The average molecular weight is 412 g/mol. The number of aliphatic hydroxyl groups is 1. The highest BCUT2D eigenvalue weighted by atomic mass is 16.6. The van der Waals surface area contributed by atoms with E-state index in [1.165, 1.54) is 4.90 Å². The van der Waals surface area contributed by atoms with Gasteiger partial charge in [0.05, 0.1) is 5.57 Å². The summed E-state index contributed by atoms with van der Waals surface area (Å²) in [5.41, 5.74) is 0.378. The standard InChI is InChI=1S/C22H24N2O6/c1-13-4-6-16(30-13)19-18(21(26)22(27)24(19)9-8-23(2)3)20(25)14-5-7-15-17(12-14)29-11-10-28-15/h4-7,12,19,25H,8-11H2,1-3H3/t19-/m0/s1. The summed E-state index contributed by atoms with van der Waals surface area (Å²) < 4.78 is 16.9. The lowest BCUT2D eigenvalue weighted by Crippen LogP contribution is -2.35. The molecule has 0 unspecified atom stereocenters. The largest absolute Gasteiger partial charge is 0.507 e. The molecule has 1 aromatic heterocycles. The zero-order valence-corrected chi connectivity index (χ0v) is 17.2. The average Bonchev–Trinajstić information content (AvgIpc) is 3.26. The number of likely N-dealkylation sites (N-methyl/N-ethyl adjacent to an activating group) is 1. The smallest absolute Gasteiger partial charge is 0.295 e. The van der Waals surface area contributed by atoms with Crippen molar-refractivity contribution in [2.45, 2.75) is 13.0 Å². The number of Topliss-reactive ketones (excluding diaryl/α,β-unsaturated/α-hetero) is 1. The molecule has 1 N–H and O–H groups in total. The van der Waals surface area contributed by atoms with E-state index in [4.69, 9.17) is 13.9 Å². The molecule has 1 amide bonds. The van der Waals surface area contributed by atoms with Crippen LogP contribution in [0.2, 0.25) is 0 Å². The minimum absolute atomic E-state index is 0.00443. The lowest BCUT2D eigenvalue weighted by Gasteiger charge is -2.25. The third-order valence-corrected chi connectivity index (χ3v) is 5.17. The Morgan fingerprint density at radius 1 is 1.13 bits per heavy atom. The molecule has 8 heteroatoms. The van der Waals surface area contributed by atoms with E-state index < -0.39 is 17.7 Å². The van der Waals surface area contributed by atoms with Crippen molar-refractivity contribution in [2.24, 2.45) is 0 Å². The molecule has 2 aliphatic rings. The lowest BCUT2D eigenvalue weighted by molar-refractivity contribution is -0.140. The van der Waals surface area contributed by atoms with Crippen LogP contribution in [0.25, 0.3) is 5.76 Å². The fourth-order valence-corrected chi connectivity index (χ4v) is 3.66. The van der Waals surface area contributed by atoms with Gasteiger partial charge in [-0.05, 0) is 51.4 Å². The molecule has 0 aliphatic carbocycles. The summed E-state index contributed by atoms with van der Waals surface area (Å²) in [4.78, 5) is 29.1. The van der Waals surface area contributed by atoms with Crippen molar-refractivity contribution in [1.82, 2.24) is 9.80 Å². The maximum absolute atomic E-state index is 12.9. The molecular weight excluding hydrogens is 388 g/mol. The van der Waals surface area contributed by atoms with Crippen LogP contribution in [0.4, 0.5) is 0 Å². The summed E-state index contributed by atoms with van der Waals surface area (Å²) in [7, 11) is 3.77. The van der Waals surface area contributed by atoms with Crippen LogP contribution in [-0.2, 0) is 9.59 Å². The first-order chi connectivity index (χ1) is 14.4. The van der Waals surface area contributed by atoms with Crippen LogP contribution < -0.4 is 9.47 Å². The number of hydrogen-bond acceptors (Lipinski definition) is 7. The van der Waals surface area contributed by atoms with E-state index in [9.17, 15) is 14.7 Å². The third-order valence-electron chi connectivity index (χ3n) is 5.17. The molecule has 1 saturated heterocycles. The van der Waals surface area contributed by atoms with Crippen LogP contribution in [0.15, 0.2) is 40.3 Å². The van der Waals surface area contributed by atoms with E-state index >= 15 is 0 Å². The van der Waals surface area contributed by atoms with Gasteiger partial charge >= 0.3 is 0 Å². The zero-order chi connectivity index (χ0) is 21.4. The van der Waals surface area contributed by atoms with E-state index in [0.29, 0.717) is 54.9 Å². The first-order valence-corrected chi connectivity index (χ1v) is 9.76. The molecule has 0 saturated carbocycles. The number of rotatable bonds is 5. The number of carbonyl (C=O) groups excluding carboxylic acids is 2. The number of nitrogens with zero attached hydrogens (tertiary/aromatic N) is 2. The Bertz CT molecular complexity index is 1020. The zero-order valence-electron chi connectivity index (χ0n) is 17.2. The van der Waals surface area contributed by atoms with Crippen LogP contribution in [0.3, 0.4) is 0 Å². The Balaban J connectivity index is 1.80. The molecule has 0 radical (unpaired) electrons. The molecule has 3 heterocycles. The Kier molecular flexibility index (Phi) is 5.26. The highest BCUT2D eigenvalue weighted by Gasteiger charge is 2.47. The van der Waals surface area contributed by atoms with Crippen LogP contribution in [0.1, 0.15) is 23.1 Å². The number of ketones is 1. The summed E-state index contributed by atoms with van der Waals surface area (Å²) in [6.07, 6.45) is 0. The lowest BCUT2D eigenvalue weighted by atomic mass is 9.99. The molecule has 0 spiro atoms. The van der Waals surface area contributed by atoms with Gasteiger partial charge < -0.3 is 28.8 Å². The molecule has 1 fully saturated rings. The fraction of sp³-hybridized carbons (Fsp3) is 0.364. The first kappa shape index (κ1) is 20.0. The van der Waals surface area contributed by atoms with Crippen molar-refractivity contribution < 1.29 is 28.6 Å². The molecule has 1 atom stereocenters. The van der Waals surface area contributed by atoms with Gasteiger partial charge in [0.25, 0.3) is 11.7 Å². The van der Waals surface area contributed by atoms with Gasteiger partial charge in [-0.3, -0.25) is 9.59 Å². The van der Waals surface area contributed by atoms with Crippen molar-refractivity contribution in [2.75, 3.05) is 40.4 Å². The highest BCUT2D eigenvalue weighted by Crippen LogP contribution is 2.41. The predicted octanol–water partition coefficient (Wildman–Crippen LogP) is 2.34. The molecule has 8 nitrogen and oxygen atoms in total. The number of benzene rings is 1. The number of furan rings is 1. The quantitative estimate of drug-likeness (QED) is 0.458. The first-order valence-electron chi connectivity index (χ1n) is 9.76. The normalized spacial score (nSPS) is 20.3. The third kappa shape index (κ3) is 3.54. The number of ether oxygens (including phenoxy) is 2. The van der Waals surface area contributed by atoms with Crippen molar-refractivity contribution in [3.8, 4) is 11.5 Å². The van der Waals surface area contributed by atoms with E-state index in [2.05, 4.69) is 0 Å². The van der Waals surface area contributed by atoms with E-state index in [0.717, 1.165) is 0 Å². The van der Waals surface area contributed by atoms with Crippen molar-refractivity contribution >= 4 is 17.4 Å². The molecule has 2 aliphatic heterocycles. The predicted molar refractivity (Wildman–Crippen MR) is 108 cm³/mol. The highest BCUT2D eigenvalue weighted by molar-refractivity contribution is 6.46. The maximum atomic E-state index is 12.9. The number of aryl methyl sites for hydroxylation is 1. The second-order valence-corrected chi connectivity index (χ2v) is 7.60. The molecule has 1 aromatic carbocycles. The molecule has 158 valence electrons. The minimum atomic E-state index is -0.799. The molecular formula is C22H24N2O6. The summed E-state index contributed by atoms with van der Waals surface area (Å²) in [6, 6.07) is 7.63. The number of hydrogen-bond donors (Lipinski definition) is 1. The van der Waals surface area contributed by atoms with E-state index in [-0.39, 0.29) is 11.3 Å². The summed E-state index contributed by atoms with van der Waals surface area (Å²) >= 11 is 0. The summed E-state index contributed by atoms with van der Waals surface area (Å²) in [6.45, 7) is 3.52. The Morgan fingerprint density at radius 2 is 1.87 bits per heavy atom. The van der Waals surface area contributed by atoms with Crippen LogP contribution in [0, 0.1) is 6.92 Å². The van der Waals surface area contributed by atoms with E-state index in [1.54, 1.807) is 37.3 Å². The Labute approximate surface area is 174 Å². The van der Waals surface area contributed by atoms with Gasteiger partial charge in [-0.2, -0.15) is 0 Å². The number of aliphatic hydroxyl groups excluding tert-OH is 1. The van der Waals surface area contributed by atoms with E-state index in [1.807, 2.05) is 19.0 Å². The fourth-order valence-electron chi connectivity index (χ4n) is 3.66. The van der Waals surface area contributed by atoms with Gasteiger partial charge in [0.15, 0.2) is 11.5 Å². The summed E-state index contributed by atoms with van der Waals surface area (Å²) in [5.74, 6) is 0.485. The SMILES string of the molecule is Cc1ccc([C@H]2C(=C(O)c3ccc4c(c3)OCCO4)C(=O)C(=O)N2CCN(C)C)o1. The topological polar surface area (TPSA) is 92.4 Å². The van der Waals surface area contributed by atoms with Gasteiger partial charge in [0.2, 0.25) is 0 Å². The van der Waals surface area contributed by atoms with Crippen LogP contribution in [-0.4, -0.2) is 67.0 Å². The number of carbonyl (C=O) groups is 2. The van der Waals surface area contributed by atoms with Gasteiger partial charge in [0, 0.05) is 18.7 Å². The van der Waals surface area contributed by atoms with Crippen molar-refractivity contribution in [1.29, 1.82) is 0 Å². The number of likely N-dealkylation sites (tertiary alicyclic amines) is 1. The number of fused-ring (bicyclic) bond motifs is 1. The van der Waals surface area contributed by atoms with Crippen LogP contribution in [0.5, 0.6) is 11.5 Å².